The van der Waals surface area contributed by atoms with Crippen LogP contribution in [0, 0.1) is 0 Å². The molecule has 4 heteroatoms. The summed E-state index contributed by atoms with van der Waals surface area (Å²) in [6, 6.07) is 13.9. The molecule has 18 heavy (non-hydrogen) atoms. The Balaban J connectivity index is 2.31. The van der Waals surface area contributed by atoms with Crippen molar-refractivity contribution in [1.29, 1.82) is 0 Å². The van der Waals surface area contributed by atoms with Crippen LogP contribution in [0.2, 0.25) is 0 Å². The molecule has 0 aliphatic rings. The minimum Gasteiger partial charge on any atom is -0.298 e. The molecule has 92 valence electrons. The van der Waals surface area contributed by atoms with Crippen LogP contribution in [-0.4, -0.2) is 12.0 Å². The van der Waals surface area contributed by atoms with Gasteiger partial charge in [0.05, 0.1) is 0 Å². The van der Waals surface area contributed by atoms with Crippen LogP contribution in [-0.2, 0) is 0 Å². The van der Waals surface area contributed by atoms with Crippen LogP contribution >= 0.6 is 11.8 Å². The zero-order valence-corrected chi connectivity index (χ0v) is 10.2. The summed E-state index contributed by atoms with van der Waals surface area (Å²) in [5.74, 6) is -2.42. The lowest BCUT2D eigenvalue weighted by atomic mass is 10.0. The lowest BCUT2D eigenvalue weighted by Crippen LogP contribution is -1.87. The van der Waals surface area contributed by atoms with Gasteiger partial charge in [-0.05, 0) is 23.3 Å². The number of carbonyl (C=O) groups is 1. The summed E-state index contributed by atoms with van der Waals surface area (Å²) < 4.78 is 24.4. The molecule has 0 aromatic heterocycles. The predicted molar refractivity (Wildman–Crippen MR) is 69.1 cm³/mol. The molecule has 0 atom stereocenters. The van der Waals surface area contributed by atoms with Gasteiger partial charge in [-0.2, -0.15) is 8.78 Å². The molecule has 0 bridgehead atoms. The highest BCUT2D eigenvalue weighted by Crippen LogP contribution is 2.28. The minimum atomic E-state index is -2.42. The Labute approximate surface area is 108 Å². The smallest absolute Gasteiger partial charge is 0.288 e. The molecule has 0 amide bonds. The van der Waals surface area contributed by atoms with Crippen molar-refractivity contribution in [2.75, 3.05) is 0 Å². The molecule has 0 spiro atoms. The van der Waals surface area contributed by atoms with Gasteiger partial charge in [-0.25, -0.2) is 0 Å². The first kappa shape index (κ1) is 12.8. The maximum absolute atomic E-state index is 12.2. The summed E-state index contributed by atoms with van der Waals surface area (Å²) in [6.07, 6.45) is 0.789. The normalized spacial score (nSPS) is 10.6. The molecular formula is C14H10F2OS. The molecule has 0 heterocycles. The molecule has 2 aromatic rings. The van der Waals surface area contributed by atoms with Crippen LogP contribution in [0.1, 0.15) is 10.4 Å². The molecule has 0 saturated heterocycles. The van der Waals surface area contributed by atoms with Crippen molar-refractivity contribution >= 4 is 18.0 Å². The van der Waals surface area contributed by atoms with E-state index < -0.39 is 5.76 Å². The van der Waals surface area contributed by atoms with E-state index in [1.807, 2.05) is 12.1 Å². The lowest BCUT2D eigenvalue weighted by Gasteiger charge is -2.06. The monoisotopic (exact) mass is 264 g/mol. The van der Waals surface area contributed by atoms with Gasteiger partial charge in [-0.15, -0.1) is 0 Å². The van der Waals surface area contributed by atoms with Gasteiger partial charge in [0.25, 0.3) is 5.76 Å². The Hall–Kier alpha value is -1.68. The number of halogens is 2. The fraction of sp³-hybridized carbons (Fsp3) is 0.0714. The van der Waals surface area contributed by atoms with E-state index in [9.17, 15) is 13.6 Å². The first-order chi connectivity index (χ1) is 8.70. The average Bonchev–Trinajstić information content (AvgIpc) is 2.39. The van der Waals surface area contributed by atoms with Gasteiger partial charge in [0.1, 0.15) is 0 Å². The summed E-state index contributed by atoms with van der Waals surface area (Å²) in [5.41, 5.74) is 2.24. The van der Waals surface area contributed by atoms with Crippen LogP contribution in [0.25, 0.3) is 11.1 Å². The number of benzene rings is 2. The number of thioether (sulfide) groups is 1. The fourth-order valence-corrected chi connectivity index (χ4v) is 2.18. The van der Waals surface area contributed by atoms with E-state index in [4.69, 9.17) is 0 Å². The van der Waals surface area contributed by atoms with Crippen molar-refractivity contribution in [3.8, 4) is 11.1 Å². The van der Waals surface area contributed by atoms with Crippen LogP contribution in [0.15, 0.2) is 53.4 Å². The quantitative estimate of drug-likeness (QED) is 0.598. The van der Waals surface area contributed by atoms with Gasteiger partial charge < -0.3 is 0 Å². The van der Waals surface area contributed by atoms with E-state index in [0.717, 1.165) is 17.4 Å². The van der Waals surface area contributed by atoms with Crippen LogP contribution in [0.5, 0.6) is 0 Å². The van der Waals surface area contributed by atoms with Gasteiger partial charge in [-0.3, -0.25) is 4.79 Å². The van der Waals surface area contributed by atoms with Gasteiger partial charge in [0, 0.05) is 10.5 Å². The lowest BCUT2D eigenvalue weighted by molar-refractivity contribution is 0.112. The standard InChI is InChI=1S/C14H10F2OS/c15-14(16)18-12-7-5-10(6-8-12)13-4-2-1-3-11(13)9-17/h1-9,14H. The Morgan fingerprint density at radius 3 is 2.28 bits per heavy atom. The summed E-state index contributed by atoms with van der Waals surface area (Å²) >= 11 is 0.509. The highest BCUT2D eigenvalue weighted by molar-refractivity contribution is 7.99. The maximum Gasteiger partial charge on any atom is 0.288 e. The highest BCUT2D eigenvalue weighted by atomic mass is 32.2. The van der Waals surface area contributed by atoms with E-state index in [2.05, 4.69) is 0 Å². The molecule has 2 rings (SSSR count). The van der Waals surface area contributed by atoms with Crippen molar-refractivity contribution in [2.24, 2.45) is 0 Å². The fourth-order valence-electron chi connectivity index (χ4n) is 1.68. The van der Waals surface area contributed by atoms with Crippen LogP contribution in [0.3, 0.4) is 0 Å². The molecule has 1 nitrogen and oxygen atoms in total. The first-order valence-corrected chi connectivity index (χ1v) is 6.18. The second-order valence-corrected chi connectivity index (χ2v) is 4.67. The zero-order chi connectivity index (χ0) is 13.0. The molecule has 0 saturated carbocycles. The Kier molecular flexibility index (Phi) is 4.10. The molecule has 2 aromatic carbocycles. The Bertz CT molecular complexity index is 538. The van der Waals surface area contributed by atoms with E-state index in [-0.39, 0.29) is 0 Å². The van der Waals surface area contributed by atoms with Gasteiger partial charge in [0.15, 0.2) is 6.29 Å². The second kappa shape index (κ2) is 5.78. The highest BCUT2D eigenvalue weighted by Gasteiger charge is 2.07. The molecule has 0 fully saturated rings. The zero-order valence-electron chi connectivity index (χ0n) is 9.35. The number of hydrogen-bond acceptors (Lipinski definition) is 2. The van der Waals surface area contributed by atoms with Crippen molar-refractivity contribution in [1.82, 2.24) is 0 Å². The van der Waals surface area contributed by atoms with E-state index in [1.165, 1.54) is 0 Å². The van der Waals surface area contributed by atoms with Gasteiger partial charge in [0.2, 0.25) is 0 Å². The third-order valence-corrected chi connectivity index (χ3v) is 3.20. The molecule has 0 N–H and O–H groups in total. The van der Waals surface area contributed by atoms with Crippen molar-refractivity contribution in [3.63, 3.8) is 0 Å². The first-order valence-electron chi connectivity index (χ1n) is 5.30. The second-order valence-electron chi connectivity index (χ2n) is 3.61. The molecule has 0 aliphatic carbocycles. The number of rotatable bonds is 4. The number of carbonyl (C=O) groups excluding carboxylic acids is 1. The predicted octanol–water partition coefficient (Wildman–Crippen LogP) is 4.48. The Morgan fingerprint density at radius 1 is 1.00 bits per heavy atom. The summed E-state index contributed by atoms with van der Waals surface area (Å²) in [7, 11) is 0. The third-order valence-electron chi connectivity index (χ3n) is 2.48. The summed E-state index contributed by atoms with van der Waals surface area (Å²) in [4.78, 5) is 11.4. The minimum absolute atomic E-state index is 0.509. The number of aldehydes is 1. The summed E-state index contributed by atoms with van der Waals surface area (Å²) in [6.45, 7) is 0. The molecule has 0 radical (unpaired) electrons. The van der Waals surface area contributed by atoms with Crippen molar-refractivity contribution in [3.05, 3.63) is 54.1 Å². The SMILES string of the molecule is O=Cc1ccccc1-c1ccc(SC(F)F)cc1. The third kappa shape index (κ3) is 2.96. The van der Waals surface area contributed by atoms with Crippen LogP contribution < -0.4 is 0 Å². The van der Waals surface area contributed by atoms with Crippen molar-refractivity contribution < 1.29 is 13.6 Å². The maximum atomic E-state index is 12.2. The summed E-state index contributed by atoms with van der Waals surface area (Å²) in [5, 5.41) is 0. The number of alkyl halides is 2. The largest absolute Gasteiger partial charge is 0.298 e. The van der Waals surface area contributed by atoms with Crippen LogP contribution in [0.4, 0.5) is 8.78 Å². The average molecular weight is 264 g/mol. The van der Waals surface area contributed by atoms with E-state index in [0.29, 0.717) is 22.2 Å². The van der Waals surface area contributed by atoms with Gasteiger partial charge in [-0.1, -0.05) is 48.2 Å². The Morgan fingerprint density at radius 2 is 1.67 bits per heavy atom. The van der Waals surface area contributed by atoms with E-state index >= 15 is 0 Å². The van der Waals surface area contributed by atoms with E-state index in [1.54, 1.807) is 36.4 Å². The topological polar surface area (TPSA) is 17.1 Å². The van der Waals surface area contributed by atoms with Gasteiger partial charge >= 0.3 is 0 Å². The number of hydrogen-bond donors (Lipinski definition) is 0. The molecular weight excluding hydrogens is 254 g/mol. The molecule has 0 unspecified atom stereocenters. The van der Waals surface area contributed by atoms with Crippen molar-refractivity contribution in [2.45, 2.75) is 10.7 Å². The molecule has 0 aliphatic heterocycles.